The molecule has 17 heavy (non-hydrogen) atoms. The zero-order valence-electron chi connectivity index (χ0n) is 9.70. The maximum Gasteiger partial charge on any atom is 0.251 e. The van der Waals surface area contributed by atoms with Crippen LogP contribution in [0.4, 0.5) is 0 Å². The van der Waals surface area contributed by atoms with Crippen molar-refractivity contribution in [2.24, 2.45) is 0 Å². The minimum absolute atomic E-state index is 0.137. The van der Waals surface area contributed by atoms with Gasteiger partial charge in [-0.25, -0.2) is 4.98 Å². The molecular weight excluding hydrogens is 240 g/mol. The third kappa shape index (κ3) is 3.17. The predicted molar refractivity (Wildman–Crippen MR) is 65.2 cm³/mol. The Morgan fingerprint density at radius 1 is 1.65 bits per heavy atom. The molecule has 92 valence electrons. The summed E-state index contributed by atoms with van der Waals surface area (Å²) in [5, 5.41) is 3.31. The predicted octanol–water partition coefficient (Wildman–Crippen LogP) is 2.03. The molecule has 1 aromatic heterocycles. The smallest absolute Gasteiger partial charge is 0.251 e. The van der Waals surface area contributed by atoms with Crippen LogP contribution in [0, 0.1) is 0 Å². The van der Waals surface area contributed by atoms with Crippen LogP contribution in [-0.2, 0) is 4.74 Å². The zero-order chi connectivity index (χ0) is 12.3. The number of hydrogen-bond donors (Lipinski definition) is 1. The van der Waals surface area contributed by atoms with E-state index in [0.29, 0.717) is 17.3 Å². The molecule has 0 saturated carbocycles. The normalized spacial score (nSPS) is 24.4. The molecule has 1 unspecified atom stereocenters. The van der Waals surface area contributed by atoms with Gasteiger partial charge in [-0.15, -0.1) is 0 Å². The fourth-order valence-corrected chi connectivity index (χ4v) is 2.10. The molecule has 0 aromatic carbocycles. The second kappa shape index (κ2) is 5.02. The first-order valence-corrected chi connectivity index (χ1v) is 5.99. The van der Waals surface area contributed by atoms with Crippen LogP contribution in [0.25, 0.3) is 0 Å². The van der Waals surface area contributed by atoms with Crippen LogP contribution in [0.15, 0.2) is 18.3 Å². The van der Waals surface area contributed by atoms with Gasteiger partial charge in [-0.05, 0) is 31.9 Å². The second-order valence-corrected chi connectivity index (χ2v) is 4.93. The lowest BCUT2D eigenvalue weighted by molar-refractivity contribution is 0.0272. The topological polar surface area (TPSA) is 51.2 Å². The molecule has 1 aliphatic rings. The van der Waals surface area contributed by atoms with E-state index in [1.165, 1.54) is 6.20 Å². The summed E-state index contributed by atoms with van der Waals surface area (Å²) in [6.07, 6.45) is 3.42. The number of ether oxygens (including phenoxy) is 1. The van der Waals surface area contributed by atoms with Gasteiger partial charge in [-0.2, -0.15) is 0 Å². The summed E-state index contributed by atoms with van der Waals surface area (Å²) in [6.45, 7) is 3.32. The highest BCUT2D eigenvalue weighted by atomic mass is 35.5. The Morgan fingerprint density at radius 2 is 2.47 bits per heavy atom. The van der Waals surface area contributed by atoms with E-state index in [9.17, 15) is 4.79 Å². The summed E-state index contributed by atoms with van der Waals surface area (Å²) < 4.78 is 5.39. The van der Waals surface area contributed by atoms with E-state index >= 15 is 0 Å². The average molecular weight is 255 g/mol. The SMILES string of the molecule is CC1(NC(=O)c2ccnc(Cl)c2)CCCOC1. The number of rotatable bonds is 2. The van der Waals surface area contributed by atoms with Crippen molar-refractivity contribution in [2.45, 2.75) is 25.3 Å². The molecular formula is C12H15ClN2O2. The zero-order valence-corrected chi connectivity index (χ0v) is 10.5. The number of pyridine rings is 1. The number of hydrogen-bond acceptors (Lipinski definition) is 3. The molecule has 1 aliphatic heterocycles. The average Bonchev–Trinajstić information content (AvgIpc) is 2.29. The van der Waals surface area contributed by atoms with Gasteiger partial charge in [-0.1, -0.05) is 11.6 Å². The van der Waals surface area contributed by atoms with Crippen LogP contribution < -0.4 is 5.32 Å². The fraction of sp³-hybridized carbons (Fsp3) is 0.500. The molecule has 1 amide bonds. The molecule has 2 heterocycles. The maximum absolute atomic E-state index is 12.0. The van der Waals surface area contributed by atoms with E-state index in [1.54, 1.807) is 12.1 Å². The first-order chi connectivity index (χ1) is 8.09. The van der Waals surface area contributed by atoms with Gasteiger partial charge in [-0.3, -0.25) is 4.79 Å². The van der Waals surface area contributed by atoms with E-state index in [2.05, 4.69) is 10.3 Å². The molecule has 1 saturated heterocycles. The Hall–Kier alpha value is -1.13. The van der Waals surface area contributed by atoms with Crippen LogP contribution in [0.3, 0.4) is 0 Å². The molecule has 2 rings (SSSR count). The Balaban J connectivity index is 2.06. The Labute approximate surface area is 105 Å². The third-order valence-electron chi connectivity index (χ3n) is 2.84. The highest BCUT2D eigenvalue weighted by molar-refractivity contribution is 6.29. The van der Waals surface area contributed by atoms with Gasteiger partial charge < -0.3 is 10.1 Å². The summed E-state index contributed by atoms with van der Waals surface area (Å²) in [7, 11) is 0. The first-order valence-electron chi connectivity index (χ1n) is 5.61. The van der Waals surface area contributed by atoms with Gasteiger partial charge in [0.1, 0.15) is 5.15 Å². The molecule has 0 bridgehead atoms. The molecule has 4 nitrogen and oxygen atoms in total. The molecule has 1 fully saturated rings. The van der Waals surface area contributed by atoms with Gasteiger partial charge in [0.25, 0.3) is 5.91 Å². The van der Waals surface area contributed by atoms with Gasteiger partial charge in [0.05, 0.1) is 12.1 Å². The Morgan fingerprint density at radius 3 is 3.12 bits per heavy atom. The summed E-state index contributed by atoms with van der Waals surface area (Å²) >= 11 is 5.75. The summed E-state index contributed by atoms with van der Waals surface area (Å²) in [5.74, 6) is -0.137. The minimum Gasteiger partial charge on any atom is -0.379 e. The maximum atomic E-state index is 12.0. The minimum atomic E-state index is -0.287. The number of carbonyl (C=O) groups excluding carboxylic acids is 1. The van der Waals surface area contributed by atoms with Crippen LogP contribution in [0.1, 0.15) is 30.1 Å². The molecule has 0 aliphatic carbocycles. The summed E-state index contributed by atoms with van der Waals surface area (Å²) in [4.78, 5) is 15.9. The highest BCUT2D eigenvalue weighted by Gasteiger charge is 2.29. The van der Waals surface area contributed by atoms with Crippen molar-refractivity contribution in [3.05, 3.63) is 29.0 Å². The van der Waals surface area contributed by atoms with E-state index in [0.717, 1.165) is 19.4 Å². The van der Waals surface area contributed by atoms with Crippen molar-refractivity contribution >= 4 is 17.5 Å². The van der Waals surface area contributed by atoms with Gasteiger partial charge in [0.15, 0.2) is 0 Å². The summed E-state index contributed by atoms with van der Waals surface area (Å²) in [6, 6.07) is 3.21. The largest absolute Gasteiger partial charge is 0.379 e. The van der Waals surface area contributed by atoms with E-state index < -0.39 is 0 Å². The Bertz CT molecular complexity index is 417. The number of aromatic nitrogens is 1. The van der Waals surface area contributed by atoms with Crippen molar-refractivity contribution in [3.63, 3.8) is 0 Å². The van der Waals surface area contributed by atoms with Gasteiger partial charge in [0.2, 0.25) is 0 Å². The second-order valence-electron chi connectivity index (χ2n) is 4.54. The van der Waals surface area contributed by atoms with Crippen molar-refractivity contribution in [1.29, 1.82) is 0 Å². The van der Waals surface area contributed by atoms with Crippen molar-refractivity contribution in [2.75, 3.05) is 13.2 Å². The lowest BCUT2D eigenvalue weighted by Crippen LogP contribution is -2.51. The lowest BCUT2D eigenvalue weighted by Gasteiger charge is -2.34. The van der Waals surface area contributed by atoms with Crippen LogP contribution >= 0.6 is 11.6 Å². The number of nitrogens with one attached hydrogen (secondary N) is 1. The fourth-order valence-electron chi connectivity index (χ4n) is 1.92. The monoisotopic (exact) mass is 254 g/mol. The van der Waals surface area contributed by atoms with E-state index in [4.69, 9.17) is 16.3 Å². The number of carbonyl (C=O) groups is 1. The van der Waals surface area contributed by atoms with Crippen molar-refractivity contribution in [1.82, 2.24) is 10.3 Å². The van der Waals surface area contributed by atoms with Crippen LogP contribution in [0.5, 0.6) is 0 Å². The van der Waals surface area contributed by atoms with Crippen LogP contribution in [0.2, 0.25) is 5.15 Å². The number of halogens is 1. The van der Waals surface area contributed by atoms with Crippen molar-refractivity contribution < 1.29 is 9.53 Å². The van der Waals surface area contributed by atoms with Crippen molar-refractivity contribution in [3.8, 4) is 0 Å². The van der Waals surface area contributed by atoms with Gasteiger partial charge in [0, 0.05) is 18.4 Å². The molecule has 1 aromatic rings. The molecule has 1 N–H and O–H groups in total. The molecule has 1 atom stereocenters. The van der Waals surface area contributed by atoms with Gasteiger partial charge >= 0.3 is 0 Å². The Kier molecular flexibility index (Phi) is 3.64. The number of amides is 1. The van der Waals surface area contributed by atoms with Crippen LogP contribution in [-0.4, -0.2) is 29.6 Å². The molecule has 0 radical (unpaired) electrons. The highest BCUT2D eigenvalue weighted by Crippen LogP contribution is 2.19. The molecule has 0 spiro atoms. The standard InChI is InChI=1S/C12H15ClN2O2/c1-12(4-2-6-17-8-12)15-11(16)9-3-5-14-10(13)7-9/h3,5,7H,2,4,6,8H2,1H3,(H,15,16). The first kappa shape index (κ1) is 12.3. The third-order valence-corrected chi connectivity index (χ3v) is 3.05. The number of nitrogens with zero attached hydrogens (tertiary/aromatic N) is 1. The van der Waals surface area contributed by atoms with E-state index in [1.807, 2.05) is 6.92 Å². The molecule has 5 heteroatoms. The lowest BCUT2D eigenvalue weighted by atomic mass is 9.94. The quantitative estimate of drug-likeness (QED) is 0.822. The van der Waals surface area contributed by atoms with E-state index in [-0.39, 0.29) is 11.4 Å². The summed E-state index contributed by atoms with van der Waals surface area (Å²) in [5.41, 5.74) is 0.238.